The molecule has 0 aliphatic carbocycles. The van der Waals surface area contributed by atoms with Crippen molar-refractivity contribution in [2.75, 3.05) is 0 Å². The topological polar surface area (TPSA) is 0 Å². The maximum atomic E-state index is 5.86. The molecule has 0 aliphatic heterocycles. The van der Waals surface area contributed by atoms with Gasteiger partial charge in [-0.2, -0.15) is 0 Å². The summed E-state index contributed by atoms with van der Waals surface area (Å²) in [5.74, 6) is 0. The van der Waals surface area contributed by atoms with E-state index in [0.29, 0.717) is 0 Å². The molecule has 2 aromatic carbocycles. The predicted octanol–water partition coefficient (Wildman–Crippen LogP) is 3.36. The Kier molecular flexibility index (Phi) is 5.64. The molecule has 0 saturated heterocycles. The molecule has 0 unspecified atom stereocenters. The summed E-state index contributed by atoms with van der Waals surface area (Å²) in [6.07, 6.45) is 0. The second kappa shape index (κ2) is 7.26. The fourth-order valence-electron chi connectivity index (χ4n) is 1.37. The van der Waals surface area contributed by atoms with Crippen molar-refractivity contribution < 1.29 is 0 Å². The molecule has 0 aliphatic rings. The molecule has 0 fully saturated rings. The van der Waals surface area contributed by atoms with Crippen LogP contribution in [0.15, 0.2) is 54.6 Å². The van der Waals surface area contributed by atoms with Crippen LogP contribution in [0, 0.1) is 0 Å². The summed E-state index contributed by atoms with van der Waals surface area (Å²) in [7, 11) is 0. The van der Waals surface area contributed by atoms with Gasteiger partial charge in [-0.05, 0) is 0 Å². The second-order valence-corrected chi connectivity index (χ2v) is 11.4. The van der Waals surface area contributed by atoms with Crippen LogP contribution in [0.1, 0.15) is 11.1 Å². The van der Waals surface area contributed by atoms with E-state index < -0.39 is 0 Å². The Morgan fingerprint density at radius 1 is 0.706 bits per heavy atom. The fourth-order valence-corrected chi connectivity index (χ4v) is 8.01. The van der Waals surface area contributed by atoms with Gasteiger partial charge >= 0.3 is 119 Å². The average molecular weight is 375 g/mol. The van der Waals surface area contributed by atoms with Crippen molar-refractivity contribution in [1.82, 2.24) is 0 Å². The van der Waals surface area contributed by atoms with Gasteiger partial charge in [0.2, 0.25) is 0 Å². The standard InChI is InChI=1S/C14H13ClSe2/c15-14-8-6-13(7-9-14)11-17-16-10-12-4-2-1-3-5-12/h1-9H,10-11H2. The Balaban J connectivity index is 1.71. The van der Waals surface area contributed by atoms with Crippen LogP contribution in [-0.2, 0) is 10.6 Å². The van der Waals surface area contributed by atoms with E-state index >= 15 is 0 Å². The molecule has 3 heteroatoms. The van der Waals surface area contributed by atoms with E-state index in [4.69, 9.17) is 11.6 Å². The Morgan fingerprint density at radius 3 is 1.82 bits per heavy atom. The summed E-state index contributed by atoms with van der Waals surface area (Å²) in [6.45, 7) is 0. The molecule has 0 heterocycles. The van der Waals surface area contributed by atoms with Crippen molar-refractivity contribution >= 4 is 37.9 Å². The summed E-state index contributed by atoms with van der Waals surface area (Å²) in [5.41, 5.74) is 2.90. The second-order valence-electron chi connectivity index (χ2n) is 3.64. The van der Waals surface area contributed by atoms with E-state index in [2.05, 4.69) is 42.5 Å². The van der Waals surface area contributed by atoms with Gasteiger partial charge in [-0.15, -0.1) is 0 Å². The molecule has 88 valence electrons. The van der Waals surface area contributed by atoms with Crippen LogP contribution in [0.4, 0.5) is 0 Å². The van der Waals surface area contributed by atoms with Gasteiger partial charge in [-0.3, -0.25) is 0 Å². The van der Waals surface area contributed by atoms with Crippen molar-refractivity contribution in [1.29, 1.82) is 0 Å². The minimum absolute atomic E-state index is 0.747. The van der Waals surface area contributed by atoms with Crippen molar-refractivity contribution in [3.63, 3.8) is 0 Å². The predicted molar refractivity (Wildman–Crippen MR) is 76.8 cm³/mol. The quantitative estimate of drug-likeness (QED) is 0.556. The molecule has 0 atom stereocenters. The molecule has 0 radical (unpaired) electrons. The Bertz CT molecular complexity index is 440. The monoisotopic (exact) mass is 376 g/mol. The van der Waals surface area contributed by atoms with E-state index in [0.717, 1.165) is 31.3 Å². The zero-order valence-electron chi connectivity index (χ0n) is 9.30. The number of hydrogen-bond acceptors (Lipinski definition) is 0. The van der Waals surface area contributed by atoms with Gasteiger partial charge in [0, 0.05) is 0 Å². The van der Waals surface area contributed by atoms with Gasteiger partial charge in [0.15, 0.2) is 0 Å². The van der Waals surface area contributed by atoms with E-state index in [1.807, 2.05) is 12.1 Å². The van der Waals surface area contributed by atoms with Gasteiger partial charge in [0.1, 0.15) is 0 Å². The summed E-state index contributed by atoms with van der Waals surface area (Å²) >= 11 is 7.37. The van der Waals surface area contributed by atoms with Crippen LogP contribution in [0.5, 0.6) is 0 Å². The van der Waals surface area contributed by atoms with E-state index in [9.17, 15) is 0 Å². The number of halogens is 1. The number of benzene rings is 2. The van der Waals surface area contributed by atoms with Crippen LogP contribution >= 0.6 is 11.6 Å². The molecule has 0 N–H and O–H groups in total. The van der Waals surface area contributed by atoms with Gasteiger partial charge in [0.25, 0.3) is 0 Å². The van der Waals surface area contributed by atoms with Crippen LogP contribution in [-0.4, -0.2) is 26.3 Å². The van der Waals surface area contributed by atoms with Crippen molar-refractivity contribution in [2.24, 2.45) is 0 Å². The van der Waals surface area contributed by atoms with Gasteiger partial charge < -0.3 is 0 Å². The maximum absolute atomic E-state index is 5.86. The molecular formula is C14H13ClSe2. The summed E-state index contributed by atoms with van der Waals surface area (Å²) in [6, 6.07) is 19.0. The zero-order valence-corrected chi connectivity index (χ0v) is 13.5. The number of rotatable bonds is 5. The van der Waals surface area contributed by atoms with Gasteiger partial charge in [-0.25, -0.2) is 0 Å². The first-order chi connectivity index (χ1) is 8.34. The first kappa shape index (κ1) is 13.2. The summed E-state index contributed by atoms with van der Waals surface area (Å²) in [5, 5.41) is 3.33. The van der Waals surface area contributed by atoms with Crippen LogP contribution in [0.25, 0.3) is 0 Å². The van der Waals surface area contributed by atoms with E-state index in [1.54, 1.807) is 0 Å². The molecule has 0 saturated carbocycles. The first-order valence-electron chi connectivity index (χ1n) is 5.37. The van der Waals surface area contributed by atoms with E-state index in [1.165, 1.54) is 21.8 Å². The van der Waals surface area contributed by atoms with Crippen molar-refractivity contribution in [3.05, 3.63) is 70.7 Å². The first-order valence-corrected chi connectivity index (χ1v) is 12.5. The zero-order chi connectivity index (χ0) is 11.9. The van der Waals surface area contributed by atoms with Gasteiger partial charge in [-0.1, -0.05) is 0 Å². The molecule has 2 rings (SSSR count). The van der Waals surface area contributed by atoms with Gasteiger partial charge in [0.05, 0.1) is 0 Å². The Morgan fingerprint density at radius 2 is 1.24 bits per heavy atom. The van der Waals surface area contributed by atoms with Crippen LogP contribution in [0.3, 0.4) is 0 Å². The molecule has 0 nitrogen and oxygen atoms in total. The van der Waals surface area contributed by atoms with Crippen LogP contribution < -0.4 is 0 Å². The summed E-state index contributed by atoms with van der Waals surface area (Å²) in [4.78, 5) is 0. The third kappa shape index (κ3) is 4.87. The third-order valence-corrected chi connectivity index (χ3v) is 9.17. The number of hydrogen-bond donors (Lipinski definition) is 0. The normalized spacial score (nSPS) is 10.4. The van der Waals surface area contributed by atoms with Crippen LogP contribution in [0.2, 0.25) is 5.02 Å². The minimum atomic E-state index is 0.747. The summed E-state index contributed by atoms with van der Waals surface area (Å²) < 4.78 is 0. The third-order valence-electron chi connectivity index (χ3n) is 2.29. The van der Waals surface area contributed by atoms with Crippen molar-refractivity contribution in [2.45, 2.75) is 10.6 Å². The molecular weight excluding hydrogens is 362 g/mol. The SMILES string of the molecule is Clc1ccc(C[Se][Se]Cc2ccccc2)cc1. The van der Waals surface area contributed by atoms with Crippen molar-refractivity contribution in [3.8, 4) is 0 Å². The Hall–Kier alpha value is -0.231. The molecule has 0 bridgehead atoms. The Labute approximate surface area is 119 Å². The molecule has 0 spiro atoms. The molecule has 0 amide bonds. The molecule has 0 aromatic heterocycles. The molecule has 2 aromatic rings. The average Bonchev–Trinajstić information content (AvgIpc) is 2.38. The van der Waals surface area contributed by atoms with E-state index in [-0.39, 0.29) is 0 Å². The fraction of sp³-hybridized carbons (Fsp3) is 0.143. The molecule has 17 heavy (non-hydrogen) atoms.